The van der Waals surface area contributed by atoms with Gasteiger partial charge in [0.1, 0.15) is 0 Å². The number of pyridine rings is 1. The van der Waals surface area contributed by atoms with Crippen LogP contribution >= 0.6 is 11.8 Å². The number of nitrogens with two attached hydrogens (primary N) is 1. The number of nitrogens with zero attached hydrogens (tertiary/aromatic N) is 2. The molecule has 2 heterocycles. The summed E-state index contributed by atoms with van der Waals surface area (Å²) in [6.07, 6.45) is 3.13. The number of thioether (sulfide) groups is 1. The Bertz CT molecular complexity index is 414. The van der Waals surface area contributed by atoms with Crippen molar-refractivity contribution in [2.45, 2.75) is 24.3 Å². The SMILES string of the molecule is CC1CN(C(=O)c2ccncc2N)CC(C)S1. The number of rotatable bonds is 1. The Balaban J connectivity index is 2.17. The summed E-state index contributed by atoms with van der Waals surface area (Å²) >= 11 is 1.92. The predicted molar refractivity (Wildman–Crippen MR) is 71.1 cm³/mol. The third-order valence-electron chi connectivity index (χ3n) is 2.79. The van der Waals surface area contributed by atoms with Crippen molar-refractivity contribution in [2.75, 3.05) is 18.8 Å². The lowest BCUT2D eigenvalue weighted by atomic mass is 10.2. The fourth-order valence-corrected chi connectivity index (χ4v) is 3.44. The number of amides is 1. The molecule has 17 heavy (non-hydrogen) atoms. The average molecular weight is 251 g/mol. The fraction of sp³-hybridized carbons (Fsp3) is 0.500. The minimum Gasteiger partial charge on any atom is -0.397 e. The summed E-state index contributed by atoms with van der Waals surface area (Å²) in [5.41, 5.74) is 6.80. The average Bonchev–Trinajstić information content (AvgIpc) is 2.27. The zero-order valence-corrected chi connectivity index (χ0v) is 10.9. The maximum Gasteiger partial charge on any atom is 0.256 e. The quantitative estimate of drug-likeness (QED) is 0.824. The van der Waals surface area contributed by atoms with Gasteiger partial charge < -0.3 is 10.6 Å². The molecule has 1 amide bonds. The summed E-state index contributed by atoms with van der Waals surface area (Å²) in [6.45, 7) is 5.87. The van der Waals surface area contributed by atoms with E-state index in [1.54, 1.807) is 12.3 Å². The molecule has 92 valence electrons. The lowest BCUT2D eigenvalue weighted by Gasteiger charge is -2.34. The number of hydrogen-bond acceptors (Lipinski definition) is 4. The maximum atomic E-state index is 12.3. The van der Waals surface area contributed by atoms with E-state index in [0.29, 0.717) is 21.8 Å². The lowest BCUT2D eigenvalue weighted by molar-refractivity contribution is 0.0754. The largest absolute Gasteiger partial charge is 0.397 e. The lowest BCUT2D eigenvalue weighted by Crippen LogP contribution is -2.44. The highest BCUT2D eigenvalue weighted by atomic mass is 32.2. The molecule has 1 aromatic heterocycles. The number of nitrogen functional groups attached to an aromatic ring is 1. The van der Waals surface area contributed by atoms with Crippen LogP contribution in [-0.2, 0) is 0 Å². The van der Waals surface area contributed by atoms with E-state index in [-0.39, 0.29) is 5.91 Å². The molecule has 2 rings (SSSR count). The summed E-state index contributed by atoms with van der Waals surface area (Å²) < 4.78 is 0. The minimum absolute atomic E-state index is 0.0175. The van der Waals surface area contributed by atoms with Gasteiger partial charge in [0.05, 0.1) is 17.4 Å². The first-order valence-corrected chi connectivity index (χ1v) is 6.66. The molecule has 0 bridgehead atoms. The first kappa shape index (κ1) is 12.2. The molecule has 0 aromatic carbocycles. The van der Waals surface area contributed by atoms with Gasteiger partial charge in [-0.2, -0.15) is 11.8 Å². The van der Waals surface area contributed by atoms with Crippen LogP contribution in [0, 0.1) is 0 Å². The molecule has 5 heteroatoms. The molecule has 0 aliphatic carbocycles. The molecule has 1 aliphatic heterocycles. The van der Waals surface area contributed by atoms with E-state index < -0.39 is 0 Å². The van der Waals surface area contributed by atoms with Gasteiger partial charge in [0.25, 0.3) is 5.91 Å². The van der Waals surface area contributed by atoms with Crippen molar-refractivity contribution in [1.29, 1.82) is 0 Å². The summed E-state index contributed by atoms with van der Waals surface area (Å²) in [7, 11) is 0. The third kappa shape index (κ3) is 2.72. The second-order valence-electron chi connectivity index (χ2n) is 4.43. The van der Waals surface area contributed by atoms with Gasteiger partial charge >= 0.3 is 0 Å². The maximum absolute atomic E-state index is 12.3. The Morgan fingerprint density at radius 2 is 2.12 bits per heavy atom. The van der Waals surface area contributed by atoms with Gasteiger partial charge in [0.2, 0.25) is 0 Å². The summed E-state index contributed by atoms with van der Waals surface area (Å²) in [6, 6.07) is 1.69. The van der Waals surface area contributed by atoms with Crippen molar-refractivity contribution in [3.8, 4) is 0 Å². The predicted octanol–water partition coefficient (Wildman–Crippen LogP) is 1.63. The normalized spacial score (nSPS) is 24.7. The zero-order valence-electron chi connectivity index (χ0n) is 10.1. The van der Waals surface area contributed by atoms with Crippen LogP contribution in [0.5, 0.6) is 0 Å². The summed E-state index contributed by atoms with van der Waals surface area (Å²) in [4.78, 5) is 18.1. The van der Waals surface area contributed by atoms with Crippen LogP contribution < -0.4 is 5.73 Å². The zero-order chi connectivity index (χ0) is 12.4. The van der Waals surface area contributed by atoms with Crippen molar-refractivity contribution < 1.29 is 4.79 Å². The monoisotopic (exact) mass is 251 g/mol. The van der Waals surface area contributed by atoms with E-state index >= 15 is 0 Å². The standard InChI is InChI=1S/C12H17N3OS/c1-8-6-15(7-9(2)17-8)12(16)10-3-4-14-5-11(10)13/h3-5,8-9H,6-7,13H2,1-2H3. The minimum atomic E-state index is 0.0175. The molecule has 1 saturated heterocycles. The number of anilines is 1. The number of aromatic nitrogens is 1. The smallest absolute Gasteiger partial charge is 0.256 e. The summed E-state index contributed by atoms with van der Waals surface area (Å²) in [5, 5.41) is 0.955. The van der Waals surface area contributed by atoms with Gasteiger partial charge in [-0.25, -0.2) is 0 Å². The highest BCUT2D eigenvalue weighted by molar-refractivity contribution is 8.00. The van der Waals surface area contributed by atoms with Crippen molar-refractivity contribution in [3.63, 3.8) is 0 Å². The van der Waals surface area contributed by atoms with Crippen LogP contribution in [0.25, 0.3) is 0 Å². The Morgan fingerprint density at radius 3 is 2.71 bits per heavy atom. The topological polar surface area (TPSA) is 59.2 Å². The fourth-order valence-electron chi connectivity index (χ4n) is 2.12. The second kappa shape index (κ2) is 4.96. The first-order chi connectivity index (χ1) is 8.08. The van der Waals surface area contributed by atoms with Gasteiger partial charge in [0.15, 0.2) is 0 Å². The molecular formula is C12H17N3OS. The molecule has 0 radical (unpaired) electrons. The summed E-state index contributed by atoms with van der Waals surface area (Å²) in [5.74, 6) is 0.0175. The molecule has 1 aromatic rings. The molecule has 2 atom stereocenters. The second-order valence-corrected chi connectivity index (χ2v) is 6.31. The van der Waals surface area contributed by atoms with Crippen LogP contribution in [0.1, 0.15) is 24.2 Å². The molecule has 1 aliphatic rings. The van der Waals surface area contributed by atoms with Crippen molar-refractivity contribution >= 4 is 23.4 Å². The van der Waals surface area contributed by atoms with Crippen LogP contribution in [0.2, 0.25) is 0 Å². The molecular weight excluding hydrogens is 234 g/mol. The highest BCUT2D eigenvalue weighted by Gasteiger charge is 2.27. The molecule has 2 unspecified atom stereocenters. The van der Waals surface area contributed by atoms with E-state index in [9.17, 15) is 4.79 Å². The van der Waals surface area contributed by atoms with Gasteiger partial charge in [0, 0.05) is 29.8 Å². The van der Waals surface area contributed by atoms with E-state index in [1.165, 1.54) is 6.20 Å². The van der Waals surface area contributed by atoms with Gasteiger partial charge in [-0.3, -0.25) is 9.78 Å². The number of hydrogen-bond donors (Lipinski definition) is 1. The van der Waals surface area contributed by atoms with Crippen LogP contribution in [-0.4, -0.2) is 39.4 Å². The number of carbonyl (C=O) groups is 1. The number of carbonyl (C=O) groups excluding carboxylic acids is 1. The van der Waals surface area contributed by atoms with E-state index in [4.69, 9.17) is 5.73 Å². The Morgan fingerprint density at radius 1 is 1.47 bits per heavy atom. The van der Waals surface area contributed by atoms with Gasteiger partial charge in [-0.15, -0.1) is 0 Å². The highest BCUT2D eigenvalue weighted by Crippen LogP contribution is 2.26. The van der Waals surface area contributed by atoms with Crippen molar-refractivity contribution in [2.24, 2.45) is 0 Å². The Labute approximate surface area is 106 Å². The van der Waals surface area contributed by atoms with E-state index in [1.807, 2.05) is 16.7 Å². The Kier molecular flexibility index (Phi) is 3.57. The van der Waals surface area contributed by atoms with Gasteiger partial charge in [-0.05, 0) is 6.07 Å². The van der Waals surface area contributed by atoms with E-state index in [2.05, 4.69) is 18.8 Å². The van der Waals surface area contributed by atoms with Crippen LogP contribution in [0.15, 0.2) is 18.5 Å². The van der Waals surface area contributed by atoms with Crippen molar-refractivity contribution in [1.82, 2.24) is 9.88 Å². The molecule has 0 saturated carbocycles. The first-order valence-electron chi connectivity index (χ1n) is 5.72. The van der Waals surface area contributed by atoms with Gasteiger partial charge in [-0.1, -0.05) is 13.8 Å². The van der Waals surface area contributed by atoms with Crippen molar-refractivity contribution in [3.05, 3.63) is 24.0 Å². The molecule has 4 nitrogen and oxygen atoms in total. The molecule has 2 N–H and O–H groups in total. The van der Waals surface area contributed by atoms with Crippen LogP contribution in [0.4, 0.5) is 5.69 Å². The third-order valence-corrected chi connectivity index (χ3v) is 4.02. The Hall–Kier alpha value is -1.23. The molecule has 0 spiro atoms. The van der Waals surface area contributed by atoms with E-state index in [0.717, 1.165) is 13.1 Å². The van der Waals surface area contributed by atoms with Crippen LogP contribution in [0.3, 0.4) is 0 Å². The molecule has 1 fully saturated rings.